The highest BCUT2D eigenvalue weighted by Crippen LogP contribution is 2.57. The molecule has 0 spiro atoms. The summed E-state index contributed by atoms with van der Waals surface area (Å²) in [4.78, 5) is 4.59. The molecule has 7 rings (SSSR count). The third-order valence-corrected chi connectivity index (χ3v) is 10.6. The minimum absolute atomic E-state index is 0.00109. The second kappa shape index (κ2) is 9.53. The van der Waals surface area contributed by atoms with Crippen molar-refractivity contribution in [1.82, 2.24) is 10.1 Å². The molecule has 3 saturated carbocycles. The second-order valence-electron chi connectivity index (χ2n) is 10.7. The van der Waals surface area contributed by atoms with Gasteiger partial charge in [0.05, 0.1) is 27.5 Å². The lowest BCUT2D eigenvalue weighted by atomic mass is 9.73. The molecule has 0 aliphatic heterocycles. The largest absolute Gasteiger partial charge is 0.382 e. The fourth-order valence-corrected chi connectivity index (χ4v) is 8.79. The van der Waals surface area contributed by atoms with Crippen molar-refractivity contribution < 1.29 is 18.8 Å². The number of aliphatic hydroxyl groups is 1. The number of rotatable bonds is 6. The molecule has 38 heavy (non-hydrogen) atoms. The van der Waals surface area contributed by atoms with E-state index in [-0.39, 0.29) is 23.8 Å². The van der Waals surface area contributed by atoms with Crippen LogP contribution in [-0.4, -0.2) is 21.4 Å². The van der Waals surface area contributed by atoms with Gasteiger partial charge in [0.25, 0.3) is 0 Å². The Hall–Kier alpha value is -1.55. The summed E-state index contributed by atoms with van der Waals surface area (Å²) in [5.74, 6) is 0.832. The van der Waals surface area contributed by atoms with Gasteiger partial charge in [0.15, 0.2) is 5.82 Å². The van der Waals surface area contributed by atoms with Gasteiger partial charge in [0.2, 0.25) is 0 Å². The van der Waals surface area contributed by atoms with Crippen LogP contribution in [0.1, 0.15) is 60.8 Å². The number of hydrogen-bond donors (Lipinski definition) is 1. The van der Waals surface area contributed by atoms with E-state index >= 15 is 0 Å². The Kier molecular flexibility index (Phi) is 6.37. The van der Waals surface area contributed by atoms with Gasteiger partial charge in [-0.1, -0.05) is 50.4 Å². The van der Waals surface area contributed by atoms with Crippen LogP contribution in [-0.2, 0) is 16.9 Å². The van der Waals surface area contributed by atoms with Gasteiger partial charge in [-0.05, 0) is 74.6 Å². The molecule has 0 amide bonds. The van der Waals surface area contributed by atoms with E-state index in [1.807, 2.05) is 12.1 Å². The average molecular weight is 638 g/mol. The van der Waals surface area contributed by atoms with E-state index in [9.17, 15) is 9.50 Å². The standard InChI is InChI=1S/C28H24BrCl2FN2O3S/c29-16-10-21(32)25-22(11-16)38-27(33-25)28(35)14-6-7-15(28)9-17(8-14)36-12-18-24(34-37-26(18)13-4-5-13)23-19(30)2-1-3-20(23)31/h1-3,10-11,13-15,17,35H,4-9,12H2/t14-,15+,17+,28+. The van der Waals surface area contributed by atoms with E-state index in [1.54, 1.807) is 12.1 Å². The van der Waals surface area contributed by atoms with Crippen LogP contribution in [0.2, 0.25) is 10.0 Å². The zero-order chi connectivity index (χ0) is 26.2. The zero-order valence-electron chi connectivity index (χ0n) is 20.2. The molecule has 0 saturated heterocycles. The average Bonchev–Trinajstić information content (AvgIpc) is 3.46. The maximum absolute atomic E-state index is 14.5. The minimum Gasteiger partial charge on any atom is -0.382 e. The number of halogens is 4. The Morgan fingerprint density at radius 1 is 1.13 bits per heavy atom. The summed E-state index contributed by atoms with van der Waals surface area (Å²) < 4.78 is 28.2. The number of ether oxygens (including phenoxy) is 1. The summed E-state index contributed by atoms with van der Waals surface area (Å²) in [7, 11) is 0. The van der Waals surface area contributed by atoms with E-state index in [0.717, 1.165) is 41.7 Å². The number of benzene rings is 2. The van der Waals surface area contributed by atoms with Gasteiger partial charge in [-0.25, -0.2) is 9.37 Å². The summed E-state index contributed by atoms with van der Waals surface area (Å²) >= 11 is 17.8. The Morgan fingerprint density at radius 2 is 1.84 bits per heavy atom. The molecule has 2 bridgehead atoms. The highest BCUT2D eigenvalue weighted by atomic mass is 79.9. The predicted molar refractivity (Wildman–Crippen MR) is 149 cm³/mol. The van der Waals surface area contributed by atoms with Crippen molar-refractivity contribution in [3.05, 3.63) is 67.0 Å². The molecule has 2 aromatic heterocycles. The quantitative estimate of drug-likeness (QED) is 0.229. The van der Waals surface area contributed by atoms with E-state index < -0.39 is 5.60 Å². The van der Waals surface area contributed by atoms with Crippen molar-refractivity contribution in [2.24, 2.45) is 11.8 Å². The number of fused-ring (bicyclic) bond motifs is 3. The minimum atomic E-state index is -1.06. The van der Waals surface area contributed by atoms with Crippen LogP contribution in [0.4, 0.5) is 4.39 Å². The molecule has 2 heterocycles. The lowest BCUT2D eigenvalue weighted by molar-refractivity contribution is -0.116. The lowest BCUT2D eigenvalue weighted by Gasteiger charge is -2.41. The second-order valence-corrected chi connectivity index (χ2v) is 13.5. The first-order valence-corrected chi connectivity index (χ1v) is 15.2. The van der Waals surface area contributed by atoms with Crippen molar-refractivity contribution in [3.63, 3.8) is 0 Å². The predicted octanol–water partition coefficient (Wildman–Crippen LogP) is 8.63. The summed E-state index contributed by atoms with van der Waals surface area (Å²) in [5, 5.41) is 18.0. The maximum Gasteiger partial charge on any atom is 0.151 e. The molecule has 2 aromatic carbocycles. The molecule has 1 N–H and O–H groups in total. The molecular formula is C28H24BrCl2FN2O3S. The van der Waals surface area contributed by atoms with Crippen LogP contribution in [0.3, 0.4) is 0 Å². The first kappa shape index (κ1) is 25.4. The van der Waals surface area contributed by atoms with Crippen molar-refractivity contribution >= 4 is 60.7 Å². The molecule has 4 atom stereocenters. The summed E-state index contributed by atoms with van der Waals surface area (Å²) in [6.07, 6.45) is 5.32. The van der Waals surface area contributed by atoms with Gasteiger partial charge in [-0.2, -0.15) is 0 Å². The third kappa shape index (κ3) is 4.14. The van der Waals surface area contributed by atoms with Gasteiger partial charge in [-0.15, -0.1) is 11.3 Å². The fourth-order valence-electron chi connectivity index (χ4n) is 6.36. The molecule has 5 nitrogen and oxygen atoms in total. The van der Waals surface area contributed by atoms with E-state index in [1.165, 1.54) is 17.4 Å². The van der Waals surface area contributed by atoms with Crippen LogP contribution < -0.4 is 0 Å². The topological polar surface area (TPSA) is 68.4 Å². The van der Waals surface area contributed by atoms with Crippen molar-refractivity contribution in [3.8, 4) is 11.3 Å². The van der Waals surface area contributed by atoms with Gasteiger partial charge in [0, 0.05) is 21.5 Å². The van der Waals surface area contributed by atoms with Gasteiger partial charge in [0.1, 0.15) is 27.6 Å². The fraction of sp³-hybridized carbons (Fsp3) is 0.429. The van der Waals surface area contributed by atoms with E-state index in [2.05, 4.69) is 26.1 Å². The number of aromatic nitrogens is 2. The van der Waals surface area contributed by atoms with E-state index in [4.69, 9.17) is 32.5 Å². The van der Waals surface area contributed by atoms with Gasteiger partial charge in [-0.3, -0.25) is 0 Å². The third-order valence-electron chi connectivity index (χ3n) is 8.39. The van der Waals surface area contributed by atoms with Crippen molar-refractivity contribution in [2.75, 3.05) is 0 Å². The summed E-state index contributed by atoms with van der Waals surface area (Å²) in [5.41, 5.74) is 1.47. The Morgan fingerprint density at radius 3 is 2.53 bits per heavy atom. The van der Waals surface area contributed by atoms with Crippen LogP contribution in [0.5, 0.6) is 0 Å². The molecule has 3 fully saturated rings. The number of nitrogens with zero attached hydrogens (tertiary/aromatic N) is 2. The van der Waals surface area contributed by atoms with E-state index in [0.29, 0.717) is 61.7 Å². The van der Waals surface area contributed by atoms with Crippen LogP contribution >= 0.6 is 50.5 Å². The highest BCUT2D eigenvalue weighted by Gasteiger charge is 2.56. The normalized spacial score (nSPS) is 26.9. The van der Waals surface area contributed by atoms with Crippen molar-refractivity contribution in [1.29, 1.82) is 0 Å². The molecule has 0 unspecified atom stereocenters. The van der Waals surface area contributed by atoms with Gasteiger partial charge >= 0.3 is 0 Å². The molecule has 0 radical (unpaired) electrons. The monoisotopic (exact) mass is 636 g/mol. The lowest BCUT2D eigenvalue weighted by Crippen LogP contribution is -2.44. The summed E-state index contributed by atoms with van der Waals surface area (Å²) in [6, 6.07) is 8.68. The Bertz CT molecular complexity index is 1520. The van der Waals surface area contributed by atoms with Crippen LogP contribution in [0.15, 0.2) is 39.3 Å². The Labute approximate surface area is 241 Å². The Balaban J connectivity index is 1.14. The number of thiazole rings is 1. The first-order valence-electron chi connectivity index (χ1n) is 12.9. The van der Waals surface area contributed by atoms with Crippen molar-refractivity contribution in [2.45, 2.75) is 62.8 Å². The zero-order valence-corrected chi connectivity index (χ0v) is 24.1. The van der Waals surface area contributed by atoms with Crippen LogP contribution in [0.25, 0.3) is 21.5 Å². The SMILES string of the molecule is O[C@@]1(c2nc3c(F)cc(Br)cc3s2)[C@@H]2CC[C@H]1C[C@@H](OCc1c(-c3c(Cl)cccc3Cl)noc1C1CC1)C2. The molecule has 4 aromatic rings. The maximum atomic E-state index is 14.5. The first-order chi connectivity index (χ1) is 18.3. The molecule has 10 heteroatoms. The molecule has 3 aliphatic rings. The summed E-state index contributed by atoms with van der Waals surface area (Å²) in [6.45, 7) is 0.342. The molecular weight excluding hydrogens is 614 g/mol. The molecule has 3 aliphatic carbocycles. The smallest absolute Gasteiger partial charge is 0.151 e. The number of hydrogen-bond acceptors (Lipinski definition) is 6. The highest BCUT2D eigenvalue weighted by molar-refractivity contribution is 9.10. The molecule has 198 valence electrons. The van der Waals surface area contributed by atoms with Gasteiger partial charge < -0.3 is 14.4 Å². The van der Waals surface area contributed by atoms with Crippen LogP contribution in [0, 0.1) is 17.7 Å².